The Kier molecular flexibility index (Phi) is 7.66. The molecular formula is C14H22N2O5. The molecule has 0 radical (unpaired) electrons. The molecule has 0 heterocycles. The molecule has 1 aromatic carbocycles. The summed E-state index contributed by atoms with van der Waals surface area (Å²) < 4.78 is 10.5. The van der Waals surface area contributed by atoms with Crippen LogP contribution < -0.4 is 10.1 Å². The zero-order valence-corrected chi connectivity index (χ0v) is 12.4. The summed E-state index contributed by atoms with van der Waals surface area (Å²) in [4.78, 5) is 10.5. The van der Waals surface area contributed by atoms with Crippen molar-refractivity contribution in [3.05, 3.63) is 33.9 Å². The molecule has 0 spiro atoms. The van der Waals surface area contributed by atoms with Crippen molar-refractivity contribution in [1.82, 2.24) is 5.32 Å². The molecule has 7 heteroatoms. The van der Waals surface area contributed by atoms with Gasteiger partial charge in [0.15, 0.2) is 5.75 Å². The minimum absolute atomic E-state index is 0.0590. The Bertz CT molecular complexity index is 451. The maximum absolute atomic E-state index is 11.0. The summed E-state index contributed by atoms with van der Waals surface area (Å²) in [7, 11) is 0. The Morgan fingerprint density at radius 2 is 2.10 bits per heavy atom. The molecule has 21 heavy (non-hydrogen) atoms. The van der Waals surface area contributed by atoms with Crippen LogP contribution in [0.2, 0.25) is 0 Å². The summed E-state index contributed by atoms with van der Waals surface area (Å²) in [6.07, 6.45) is 0. The van der Waals surface area contributed by atoms with Crippen LogP contribution >= 0.6 is 0 Å². The van der Waals surface area contributed by atoms with Gasteiger partial charge in [-0.05, 0) is 11.6 Å². The second kappa shape index (κ2) is 9.28. The molecule has 0 fully saturated rings. The molecule has 0 saturated carbocycles. The number of benzene rings is 1. The zero-order chi connectivity index (χ0) is 15.7. The SMILES string of the molecule is CC(C)NCc1ccc([N+](=O)[O-])c(OCCOCCO)c1. The Labute approximate surface area is 124 Å². The largest absolute Gasteiger partial charge is 0.484 e. The predicted octanol–water partition coefficient (Wildman–Crippen LogP) is 1.48. The van der Waals surface area contributed by atoms with Crippen LogP contribution in [-0.2, 0) is 11.3 Å². The van der Waals surface area contributed by atoms with E-state index in [1.54, 1.807) is 12.1 Å². The Hall–Kier alpha value is -1.70. The molecule has 2 N–H and O–H groups in total. The molecule has 1 rings (SSSR count). The summed E-state index contributed by atoms with van der Waals surface area (Å²) in [6, 6.07) is 5.15. The van der Waals surface area contributed by atoms with Gasteiger partial charge in [0.2, 0.25) is 0 Å². The topological polar surface area (TPSA) is 93.9 Å². The lowest BCUT2D eigenvalue weighted by molar-refractivity contribution is -0.385. The van der Waals surface area contributed by atoms with Crippen LogP contribution in [0.1, 0.15) is 19.4 Å². The van der Waals surface area contributed by atoms with Crippen LogP contribution in [0.5, 0.6) is 5.75 Å². The molecule has 118 valence electrons. The molecule has 0 atom stereocenters. The van der Waals surface area contributed by atoms with Gasteiger partial charge in [0.1, 0.15) is 6.61 Å². The standard InChI is InChI=1S/C14H22N2O5/c1-11(2)15-10-12-3-4-13(16(18)19)14(9-12)21-8-7-20-6-5-17/h3-4,9,11,15,17H,5-8,10H2,1-2H3. The Morgan fingerprint density at radius 1 is 1.33 bits per heavy atom. The van der Waals surface area contributed by atoms with E-state index in [0.717, 1.165) is 5.56 Å². The van der Waals surface area contributed by atoms with Crippen LogP contribution in [0, 0.1) is 10.1 Å². The van der Waals surface area contributed by atoms with E-state index >= 15 is 0 Å². The van der Waals surface area contributed by atoms with Gasteiger partial charge in [-0.15, -0.1) is 0 Å². The third-order valence-corrected chi connectivity index (χ3v) is 2.66. The lowest BCUT2D eigenvalue weighted by atomic mass is 10.2. The number of rotatable bonds is 10. The molecule has 0 unspecified atom stereocenters. The first-order valence-electron chi connectivity index (χ1n) is 6.86. The van der Waals surface area contributed by atoms with Crippen LogP contribution in [0.3, 0.4) is 0 Å². The molecule has 0 aliphatic rings. The molecule has 1 aromatic rings. The molecule has 0 aromatic heterocycles. The molecule has 7 nitrogen and oxygen atoms in total. The number of aliphatic hydroxyl groups is 1. The number of ether oxygens (including phenoxy) is 2. The summed E-state index contributed by atoms with van der Waals surface area (Å²) in [5.41, 5.74) is 0.853. The van der Waals surface area contributed by atoms with E-state index in [1.807, 2.05) is 13.8 Å². The van der Waals surface area contributed by atoms with Crippen molar-refractivity contribution in [2.24, 2.45) is 0 Å². The van der Waals surface area contributed by atoms with Crippen molar-refractivity contribution in [2.75, 3.05) is 26.4 Å². The first kappa shape index (κ1) is 17.4. The quantitative estimate of drug-likeness (QED) is 0.386. The lowest BCUT2D eigenvalue weighted by Crippen LogP contribution is -2.21. The summed E-state index contributed by atoms with van der Waals surface area (Å²) >= 11 is 0. The van der Waals surface area contributed by atoms with Crippen molar-refractivity contribution >= 4 is 5.69 Å². The highest BCUT2D eigenvalue weighted by Crippen LogP contribution is 2.28. The van der Waals surface area contributed by atoms with Crippen molar-refractivity contribution < 1.29 is 19.5 Å². The van der Waals surface area contributed by atoms with Gasteiger partial charge in [0.25, 0.3) is 0 Å². The minimum Gasteiger partial charge on any atom is -0.484 e. The van der Waals surface area contributed by atoms with Crippen LogP contribution in [0.25, 0.3) is 0 Å². The average molecular weight is 298 g/mol. The molecular weight excluding hydrogens is 276 g/mol. The van der Waals surface area contributed by atoms with Crippen LogP contribution in [0.4, 0.5) is 5.69 Å². The van der Waals surface area contributed by atoms with Gasteiger partial charge < -0.3 is 19.9 Å². The number of hydrogen-bond acceptors (Lipinski definition) is 6. The maximum Gasteiger partial charge on any atom is 0.310 e. The molecule has 0 aliphatic carbocycles. The van der Waals surface area contributed by atoms with Gasteiger partial charge in [0, 0.05) is 18.7 Å². The third kappa shape index (κ3) is 6.52. The van der Waals surface area contributed by atoms with E-state index in [1.165, 1.54) is 6.07 Å². The highest BCUT2D eigenvalue weighted by molar-refractivity contribution is 5.48. The lowest BCUT2D eigenvalue weighted by Gasteiger charge is -2.11. The Balaban J connectivity index is 2.67. The number of aliphatic hydroxyl groups excluding tert-OH is 1. The fourth-order valence-corrected chi connectivity index (χ4v) is 1.63. The second-order valence-corrected chi connectivity index (χ2v) is 4.78. The van der Waals surface area contributed by atoms with E-state index in [-0.39, 0.29) is 37.9 Å². The molecule has 0 bridgehead atoms. The van der Waals surface area contributed by atoms with Gasteiger partial charge >= 0.3 is 5.69 Å². The number of nitro benzene ring substituents is 1. The second-order valence-electron chi connectivity index (χ2n) is 4.78. The van der Waals surface area contributed by atoms with E-state index in [0.29, 0.717) is 12.6 Å². The number of nitro groups is 1. The van der Waals surface area contributed by atoms with Gasteiger partial charge in [-0.25, -0.2) is 0 Å². The summed E-state index contributed by atoms with van der Waals surface area (Å²) in [6.45, 7) is 5.31. The summed E-state index contributed by atoms with van der Waals surface area (Å²) in [5, 5.41) is 22.8. The van der Waals surface area contributed by atoms with Crippen molar-refractivity contribution in [2.45, 2.75) is 26.4 Å². The normalized spacial score (nSPS) is 10.9. The average Bonchev–Trinajstić information content (AvgIpc) is 2.44. The Morgan fingerprint density at radius 3 is 2.71 bits per heavy atom. The highest BCUT2D eigenvalue weighted by Gasteiger charge is 2.15. The maximum atomic E-state index is 11.0. The highest BCUT2D eigenvalue weighted by atomic mass is 16.6. The third-order valence-electron chi connectivity index (χ3n) is 2.66. The monoisotopic (exact) mass is 298 g/mol. The van der Waals surface area contributed by atoms with E-state index in [9.17, 15) is 10.1 Å². The van der Waals surface area contributed by atoms with Gasteiger partial charge in [-0.1, -0.05) is 19.9 Å². The first-order valence-corrected chi connectivity index (χ1v) is 6.86. The zero-order valence-electron chi connectivity index (χ0n) is 12.4. The van der Waals surface area contributed by atoms with Crippen molar-refractivity contribution in [3.8, 4) is 5.75 Å². The predicted molar refractivity (Wildman–Crippen MR) is 78.5 cm³/mol. The molecule has 0 amide bonds. The van der Waals surface area contributed by atoms with E-state index in [4.69, 9.17) is 14.6 Å². The fourth-order valence-electron chi connectivity index (χ4n) is 1.63. The van der Waals surface area contributed by atoms with Crippen LogP contribution in [-0.4, -0.2) is 42.5 Å². The van der Waals surface area contributed by atoms with E-state index in [2.05, 4.69) is 5.32 Å². The number of hydrogen-bond donors (Lipinski definition) is 2. The number of nitrogens with one attached hydrogen (secondary N) is 1. The van der Waals surface area contributed by atoms with Crippen LogP contribution in [0.15, 0.2) is 18.2 Å². The minimum atomic E-state index is -0.469. The van der Waals surface area contributed by atoms with Gasteiger partial charge in [0.05, 0.1) is 24.7 Å². The smallest absolute Gasteiger partial charge is 0.310 e. The fraction of sp³-hybridized carbons (Fsp3) is 0.571. The molecule has 0 saturated heterocycles. The summed E-state index contributed by atoms with van der Waals surface area (Å²) in [5.74, 6) is 0.232. The van der Waals surface area contributed by atoms with Gasteiger partial charge in [-0.3, -0.25) is 10.1 Å². The first-order chi connectivity index (χ1) is 10.0. The molecule has 0 aliphatic heterocycles. The number of nitrogens with zero attached hydrogens (tertiary/aromatic N) is 1. The van der Waals surface area contributed by atoms with Crippen molar-refractivity contribution in [3.63, 3.8) is 0 Å². The van der Waals surface area contributed by atoms with E-state index < -0.39 is 4.92 Å². The van der Waals surface area contributed by atoms with Gasteiger partial charge in [-0.2, -0.15) is 0 Å². The van der Waals surface area contributed by atoms with Crippen molar-refractivity contribution in [1.29, 1.82) is 0 Å².